The highest BCUT2D eigenvalue weighted by molar-refractivity contribution is 7.98. The molecule has 4 aromatic rings. The predicted molar refractivity (Wildman–Crippen MR) is 103 cm³/mol. The monoisotopic (exact) mass is 370 g/mol. The minimum Gasteiger partial charge on any atom is -0.341 e. The quantitative estimate of drug-likeness (QED) is 0.420. The van der Waals surface area contributed by atoms with Crippen LogP contribution >= 0.6 is 24.2 Å². The highest BCUT2D eigenvalue weighted by atomic mass is 35.5. The molecule has 25 heavy (non-hydrogen) atoms. The van der Waals surface area contributed by atoms with Gasteiger partial charge in [-0.25, -0.2) is 9.97 Å². The van der Waals surface area contributed by atoms with Gasteiger partial charge in [-0.05, 0) is 12.1 Å². The van der Waals surface area contributed by atoms with Crippen LogP contribution in [0.2, 0.25) is 0 Å². The molecule has 4 rings (SSSR count). The van der Waals surface area contributed by atoms with Crippen molar-refractivity contribution < 1.29 is 0 Å². The molecular formula is C18H15ClN4OS. The van der Waals surface area contributed by atoms with Gasteiger partial charge in [0.25, 0.3) is 5.56 Å². The number of rotatable bonds is 4. The lowest BCUT2D eigenvalue weighted by molar-refractivity contribution is 0.939. The average molecular weight is 371 g/mol. The van der Waals surface area contributed by atoms with E-state index in [1.165, 1.54) is 17.8 Å². The Morgan fingerprint density at radius 1 is 0.920 bits per heavy atom. The van der Waals surface area contributed by atoms with Crippen LogP contribution < -0.4 is 5.56 Å². The topological polar surface area (TPSA) is 74.4 Å². The Labute approximate surface area is 154 Å². The van der Waals surface area contributed by atoms with Gasteiger partial charge < -0.3 is 9.97 Å². The normalized spacial score (nSPS) is 10.6. The Morgan fingerprint density at radius 3 is 2.48 bits per heavy atom. The summed E-state index contributed by atoms with van der Waals surface area (Å²) in [7, 11) is 0. The Kier molecular flexibility index (Phi) is 5.21. The van der Waals surface area contributed by atoms with Gasteiger partial charge in [0, 0.05) is 11.6 Å². The number of fused-ring (bicyclic) bond motifs is 1. The van der Waals surface area contributed by atoms with Crippen molar-refractivity contribution in [3.8, 4) is 11.3 Å². The van der Waals surface area contributed by atoms with Crippen LogP contribution in [0.1, 0.15) is 5.82 Å². The molecule has 0 atom stereocenters. The third-order valence-electron chi connectivity index (χ3n) is 3.57. The van der Waals surface area contributed by atoms with E-state index in [2.05, 4.69) is 19.9 Å². The first-order valence-electron chi connectivity index (χ1n) is 7.51. The summed E-state index contributed by atoms with van der Waals surface area (Å²) in [4.78, 5) is 27.0. The summed E-state index contributed by atoms with van der Waals surface area (Å²) in [5.74, 6) is 1.46. The molecule has 0 aliphatic carbocycles. The molecule has 2 N–H and O–H groups in total. The Morgan fingerprint density at radius 2 is 1.68 bits per heavy atom. The van der Waals surface area contributed by atoms with Gasteiger partial charge in [-0.1, -0.05) is 54.2 Å². The first-order chi connectivity index (χ1) is 11.8. The Bertz CT molecular complexity index is 1010. The lowest BCUT2D eigenvalue weighted by Crippen LogP contribution is -2.08. The number of aromatic amines is 2. The second kappa shape index (κ2) is 7.55. The number of hydrogen-bond donors (Lipinski definition) is 2. The zero-order chi connectivity index (χ0) is 16.4. The van der Waals surface area contributed by atoms with E-state index in [-0.39, 0.29) is 18.0 Å². The summed E-state index contributed by atoms with van der Waals surface area (Å²) in [6.45, 7) is 0. The number of halogens is 1. The maximum atomic E-state index is 11.9. The summed E-state index contributed by atoms with van der Waals surface area (Å²) in [5, 5.41) is 0.585. The molecule has 0 unspecified atom stereocenters. The molecule has 126 valence electrons. The van der Waals surface area contributed by atoms with Crippen LogP contribution in [0.25, 0.3) is 22.3 Å². The van der Waals surface area contributed by atoms with Crippen LogP contribution in [-0.4, -0.2) is 19.9 Å². The van der Waals surface area contributed by atoms with Gasteiger partial charge in [0.2, 0.25) is 0 Å². The predicted octanol–water partition coefficient (Wildman–Crippen LogP) is 4.03. The summed E-state index contributed by atoms with van der Waals surface area (Å²) in [5.41, 5.74) is 3.39. The molecule has 0 saturated carbocycles. The van der Waals surface area contributed by atoms with Gasteiger partial charge in [-0.3, -0.25) is 4.79 Å². The molecule has 0 bridgehead atoms. The third-order valence-corrected chi connectivity index (χ3v) is 4.46. The number of hydrogen-bond acceptors (Lipinski definition) is 4. The SMILES string of the molecule is Cl.O=c1cc(-c2ccccc2)nc(SCc2nc3ccccc3[nH]2)[nH]1. The molecule has 0 spiro atoms. The molecule has 2 aromatic heterocycles. The van der Waals surface area contributed by atoms with E-state index in [4.69, 9.17) is 0 Å². The van der Waals surface area contributed by atoms with Gasteiger partial charge >= 0.3 is 0 Å². The highest BCUT2D eigenvalue weighted by Gasteiger charge is 2.07. The lowest BCUT2D eigenvalue weighted by Gasteiger charge is -2.03. The van der Waals surface area contributed by atoms with Crippen LogP contribution in [0.15, 0.2) is 70.6 Å². The number of H-pyrrole nitrogens is 2. The minimum atomic E-state index is -0.157. The summed E-state index contributed by atoms with van der Waals surface area (Å²) >= 11 is 1.45. The molecule has 0 amide bonds. The van der Waals surface area contributed by atoms with Crippen molar-refractivity contribution in [3.05, 3.63) is 76.8 Å². The second-order valence-electron chi connectivity index (χ2n) is 5.29. The van der Waals surface area contributed by atoms with Crippen molar-refractivity contribution in [2.24, 2.45) is 0 Å². The first kappa shape index (κ1) is 17.3. The molecule has 0 aliphatic rings. The van der Waals surface area contributed by atoms with Gasteiger partial charge in [0.05, 0.1) is 22.5 Å². The maximum Gasteiger partial charge on any atom is 0.252 e. The lowest BCUT2D eigenvalue weighted by atomic mass is 10.1. The van der Waals surface area contributed by atoms with Gasteiger partial charge in [-0.2, -0.15) is 0 Å². The van der Waals surface area contributed by atoms with Crippen molar-refractivity contribution >= 4 is 35.2 Å². The van der Waals surface area contributed by atoms with E-state index < -0.39 is 0 Å². The molecule has 5 nitrogen and oxygen atoms in total. The smallest absolute Gasteiger partial charge is 0.252 e. The number of imidazole rings is 1. The number of aromatic nitrogens is 4. The number of nitrogens with one attached hydrogen (secondary N) is 2. The fourth-order valence-corrected chi connectivity index (χ4v) is 3.22. The van der Waals surface area contributed by atoms with Crippen molar-refractivity contribution in [1.29, 1.82) is 0 Å². The fraction of sp³-hybridized carbons (Fsp3) is 0.0556. The van der Waals surface area contributed by atoms with Gasteiger partial charge in [0.15, 0.2) is 5.16 Å². The number of benzene rings is 2. The van der Waals surface area contributed by atoms with Crippen molar-refractivity contribution in [2.45, 2.75) is 10.9 Å². The van der Waals surface area contributed by atoms with Gasteiger partial charge in [0.1, 0.15) is 5.82 Å². The van der Waals surface area contributed by atoms with Crippen LogP contribution in [0.3, 0.4) is 0 Å². The first-order valence-corrected chi connectivity index (χ1v) is 8.50. The van der Waals surface area contributed by atoms with Crippen molar-refractivity contribution in [2.75, 3.05) is 0 Å². The number of para-hydroxylation sites is 2. The standard InChI is InChI=1S/C18H14N4OS.ClH/c23-17-10-15(12-6-2-1-3-7-12)21-18(22-17)24-11-16-19-13-8-4-5-9-14(13)20-16;/h1-10H,11H2,(H,19,20)(H,21,22,23);1H. The molecule has 7 heteroatoms. The van der Waals surface area contributed by atoms with E-state index in [9.17, 15) is 4.79 Å². The zero-order valence-electron chi connectivity index (χ0n) is 13.1. The minimum absolute atomic E-state index is 0. The zero-order valence-corrected chi connectivity index (χ0v) is 14.7. The highest BCUT2D eigenvalue weighted by Crippen LogP contribution is 2.22. The van der Waals surface area contributed by atoms with Crippen molar-refractivity contribution in [3.63, 3.8) is 0 Å². The maximum absolute atomic E-state index is 11.9. The van der Waals surface area contributed by atoms with E-state index in [1.807, 2.05) is 54.6 Å². The van der Waals surface area contributed by atoms with Crippen LogP contribution in [-0.2, 0) is 5.75 Å². The number of thioether (sulfide) groups is 1. The second-order valence-corrected chi connectivity index (χ2v) is 6.26. The summed E-state index contributed by atoms with van der Waals surface area (Å²) in [6, 6.07) is 19.1. The van der Waals surface area contributed by atoms with Crippen LogP contribution in [0.4, 0.5) is 0 Å². The Hall–Kier alpha value is -2.57. The van der Waals surface area contributed by atoms with Crippen LogP contribution in [0.5, 0.6) is 0 Å². The summed E-state index contributed by atoms with van der Waals surface area (Å²) in [6.07, 6.45) is 0. The molecule has 0 fully saturated rings. The molecule has 0 saturated heterocycles. The third kappa shape index (κ3) is 3.92. The van der Waals surface area contributed by atoms with Gasteiger partial charge in [-0.15, -0.1) is 12.4 Å². The van der Waals surface area contributed by atoms with Crippen LogP contribution in [0, 0.1) is 0 Å². The van der Waals surface area contributed by atoms with Crippen molar-refractivity contribution in [1.82, 2.24) is 19.9 Å². The summed E-state index contributed by atoms with van der Waals surface area (Å²) < 4.78 is 0. The molecule has 0 aliphatic heterocycles. The van der Waals surface area contributed by atoms with E-state index in [1.54, 1.807) is 0 Å². The number of nitrogens with zero attached hydrogens (tertiary/aromatic N) is 2. The fourth-order valence-electron chi connectivity index (χ4n) is 2.47. The largest absolute Gasteiger partial charge is 0.341 e. The molecule has 2 aromatic carbocycles. The van der Waals surface area contributed by atoms with E-state index >= 15 is 0 Å². The average Bonchev–Trinajstić information content (AvgIpc) is 3.03. The molecule has 2 heterocycles. The van der Waals surface area contributed by atoms with E-state index in [0.29, 0.717) is 16.6 Å². The molecular weight excluding hydrogens is 356 g/mol. The Balaban J connectivity index is 0.00000182. The van der Waals surface area contributed by atoms with E-state index in [0.717, 1.165) is 22.4 Å². The molecule has 0 radical (unpaired) electrons.